The number of nitrogens with one attached hydrogen (secondary N) is 2. The van der Waals surface area contributed by atoms with Crippen LogP contribution in [0.3, 0.4) is 0 Å². The SMILES string of the molecule is CN=C(NCc1ccccc1)NCC(C1CC1)N(C)C.I. The zero-order valence-corrected chi connectivity index (χ0v) is 15.5. The summed E-state index contributed by atoms with van der Waals surface area (Å²) in [4.78, 5) is 6.60. The molecule has 0 aromatic heterocycles. The lowest BCUT2D eigenvalue weighted by Gasteiger charge is -2.25. The van der Waals surface area contributed by atoms with Crippen LogP contribution >= 0.6 is 24.0 Å². The van der Waals surface area contributed by atoms with Crippen molar-refractivity contribution in [2.75, 3.05) is 27.7 Å². The van der Waals surface area contributed by atoms with Crippen molar-refractivity contribution in [3.05, 3.63) is 35.9 Å². The Balaban J connectivity index is 0.00000220. The summed E-state index contributed by atoms with van der Waals surface area (Å²) in [5, 5.41) is 6.80. The van der Waals surface area contributed by atoms with Crippen LogP contribution in [0.1, 0.15) is 18.4 Å². The van der Waals surface area contributed by atoms with Gasteiger partial charge in [-0.1, -0.05) is 30.3 Å². The van der Waals surface area contributed by atoms with E-state index < -0.39 is 0 Å². The lowest BCUT2D eigenvalue weighted by molar-refractivity contribution is 0.264. The van der Waals surface area contributed by atoms with Crippen molar-refractivity contribution in [3.63, 3.8) is 0 Å². The Morgan fingerprint density at radius 1 is 1.24 bits per heavy atom. The Morgan fingerprint density at radius 2 is 1.90 bits per heavy atom. The Bertz CT molecular complexity index is 427. The van der Waals surface area contributed by atoms with E-state index in [0.717, 1.165) is 25.0 Å². The van der Waals surface area contributed by atoms with E-state index in [9.17, 15) is 0 Å². The standard InChI is InChI=1S/C16H26N4.HI/c1-17-16(18-11-13-7-5-4-6-8-13)19-12-15(20(2)3)14-9-10-14;/h4-8,14-15H,9-12H2,1-3H3,(H2,17,18,19);1H. The van der Waals surface area contributed by atoms with Crippen molar-refractivity contribution < 1.29 is 0 Å². The molecule has 2 N–H and O–H groups in total. The van der Waals surface area contributed by atoms with Crippen LogP contribution in [0.15, 0.2) is 35.3 Å². The number of benzene rings is 1. The maximum atomic E-state index is 4.29. The summed E-state index contributed by atoms with van der Waals surface area (Å²) in [6, 6.07) is 11.0. The molecule has 5 heteroatoms. The molecule has 0 spiro atoms. The first-order chi connectivity index (χ1) is 9.70. The van der Waals surface area contributed by atoms with E-state index in [-0.39, 0.29) is 24.0 Å². The van der Waals surface area contributed by atoms with Crippen LogP contribution in [0.4, 0.5) is 0 Å². The summed E-state index contributed by atoms with van der Waals surface area (Å²) in [6.45, 7) is 1.75. The summed E-state index contributed by atoms with van der Waals surface area (Å²) in [6.07, 6.45) is 2.72. The van der Waals surface area contributed by atoms with Crippen molar-refractivity contribution in [1.29, 1.82) is 0 Å². The molecule has 1 aliphatic rings. The van der Waals surface area contributed by atoms with Crippen molar-refractivity contribution in [2.24, 2.45) is 10.9 Å². The number of aliphatic imine (C=N–C) groups is 1. The molecule has 0 amide bonds. The molecule has 0 radical (unpaired) electrons. The number of rotatable bonds is 6. The van der Waals surface area contributed by atoms with Crippen LogP contribution in [0, 0.1) is 5.92 Å². The van der Waals surface area contributed by atoms with Crippen LogP contribution in [-0.2, 0) is 6.54 Å². The fourth-order valence-electron chi connectivity index (χ4n) is 2.46. The average molecular weight is 402 g/mol. The van der Waals surface area contributed by atoms with Gasteiger partial charge >= 0.3 is 0 Å². The normalized spacial score (nSPS) is 16.3. The van der Waals surface area contributed by atoms with Gasteiger partial charge in [-0.15, -0.1) is 24.0 Å². The van der Waals surface area contributed by atoms with Gasteiger partial charge in [0.25, 0.3) is 0 Å². The van der Waals surface area contributed by atoms with Gasteiger partial charge in [-0.2, -0.15) is 0 Å². The average Bonchev–Trinajstić information content (AvgIpc) is 3.28. The molecule has 0 bridgehead atoms. The first-order valence-electron chi connectivity index (χ1n) is 7.35. The van der Waals surface area contributed by atoms with E-state index in [0.29, 0.717) is 6.04 Å². The minimum Gasteiger partial charge on any atom is -0.355 e. The minimum atomic E-state index is 0. The van der Waals surface area contributed by atoms with Gasteiger partial charge < -0.3 is 15.5 Å². The molecule has 0 heterocycles. The van der Waals surface area contributed by atoms with Crippen LogP contribution in [-0.4, -0.2) is 44.6 Å². The highest BCUT2D eigenvalue weighted by molar-refractivity contribution is 14.0. The van der Waals surface area contributed by atoms with Crippen molar-refractivity contribution in [2.45, 2.75) is 25.4 Å². The van der Waals surface area contributed by atoms with Gasteiger partial charge in [0.15, 0.2) is 5.96 Å². The molecule has 1 aromatic carbocycles. The quantitative estimate of drug-likeness (QED) is 0.436. The van der Waals surface area contributed by atoms with Crippen LogP contribution < -0.4 is 10.6 Å². The topological polar surface area (TPSA) is 39.7 Å². The summed E-state index contributed by atoms with van der Waals surface area (Å²) >= 11 is 0. The third kappa shape index (κ3) is 6.22. The van der Waals surface area contributed by atoms with Gasteiger partial charge in [0.2, 0.25) is 0 Å². The third-order valence-corrected chi connectivity index (χ3v) is 3.83. The molecule has 1 atom stereocenters. The lowest BCUT2D eigenvalue weighted by atomic mass is 10.1. The molecule has 0 aliphatic heterocycles. The lowest BCUT2D eigenvalue weighted by Crippen LogP contribution is -2.45. The van der Waals surface area contributed by atoms with Crippen molar-refractivity contribution in [3.8, 4) is 0 Å². The smallest absolute Gasteiger partial charge is 0.191 e. The molecule has 21 heavy (non-hydrogen) atoms. The predicted molar refractivity (Wildman–Crippen MR) is 100 cm³/mol. The molecule has 118 valence electrons. The van der Waals surface area contributed by atoms with Gasteiger partial charge in [-0.25, -0.2) is 0 Å². The number of likely N-dealkylation sites (N-methyl/N-ethyl adjacent to an activating group) is 1. The summed E-state index contributed by atoms with van der Waals surface area (Å²) in [7, 11) is 6.14. The maximum absolute atomic E-state index is 4.29. The highest BCUT2D eigenvalue weighted by Gasteiger charge is 2.32. The third-order valence-electron chi connectivity index (χ3n) is 3.83. The van der Waals surface area contributed by atoms with E-state index in [4.69, 9.17) is 0 Å². The van der Waals surface area contributed by atoms with E-state index in [2.05, 4.69) is 58.9 Å². The molecule has 4 nitrogen and oxygen atoms in total. The molecule has 1 aliphatic carbocycles. The molecular formula is C16H27IN4. The summed E-state index contributed by atoms with van der Waals surface area (Å²) in [5.41, 5.74) is 1.27. The van der Waals surface area contributed by atoms with E-state index >= 15 is 0 Å². The van der Waals surface area contributed by atoms with Gasteiger partial charge in [0, 0.05) is 26.2 Å². The van der Waals surface area contributed by atoms with E-state index in [1.165, 1.54) is 18.4 Å². The monoisotopic (exact) mass is 402 g/mol. The zero-order chi connectivity index (χ0) is 14.4. The van der Waals surface area contributed by atoms with Gasteiger partial charge in [-0.05, 0) is 38.4 Å². The number of hydrogen-bond donors (Lipinski definition) is 2. The molecule has 2 rings (SSSR count). The van der Waals surface area contributed by atoms with E-state index in [1.807, 2.05) is 13.1 Å². The highest BCUT2D eigenvalue weighted by atomic mass is 127. The van der Waals surface area contributed by atoms with Crippen molar-refractivity contribution >= 4 is 29.9 Å². The molecule has 0 saturated heterocycles. The summed E-state index contributed by atoms with van der Waals surface area (Å²) < 4.78 is 0. The maximum Gasteiger partial charge on any atom is 0.191 e. The molecule has 1 aromatic rings. The number of nitrogens with zero attached hydrogens (tertiary/aromatic N) is 2. The Kier molecular flexibility index (Phi) is 8.03. The molecule has 1 fully saturated rings. The number of hydrogen-bond acceptors (Lipinski definition) is 2. The van der Waals surface area contributed by atoms with E-state index in [1.54, 1.807) is 0 Å². The van der Waals surface area contributed by atoms with Crippen LogP contribution in [0.2, 0.25) is 0 Å². The molecular weight excluding hydrogens is 375 g/mol. The Hall–Kier alpha value is -0.820. The second-order valence-electron chi connectivity index (χ2n) is 5.66. The first-order valence-corrected chi connectivity index (χ1v) is 7.35. The second-order valence-corrected chi connectivity index (χ2v) is 5.66. The number of halogens is 1. The molecule has 1 unspecified atom stereocenters. The fourth-order valence-corrected chi connectivity index (χ4v) is 2.46. The predicted octanol–water partition coefficient (Wildman–Crippen LogP) is 2.31. The van der Waals surface area contributed by atoms with Gasteiger partial charge in [0.05, 0.1) is 0 Å². The minimum absolute atomic E-state index is 0. The highest BCUT2D eigenvalue weighted by Crippen LogP contribution is 2.34. The van der Waals surface area contributed by atoms with Crippen LogP contribution in [0.25, 0.3) is 0 Å². The van der Waals surface area contributed by atoms with Gasteiger partial charge in [0.1, 0.15) is 0 Å². The largest absolute Gasteiger partial charge is 0.355 e. The van der Waals surface area contributed by atoms with Crippen LogP contribution in [0.5, 0.6) is 0 Å². The zero-order valence-electron chi connectivity index (χ0n) is 13.2. The number of guanidine groups is 1. The molecule has 1 saturated carbocycles. The van der Waals surface area contributed by atoms with Gasteiger partial charge in [-0.3, -0.25) is 4.99 Å². The summed E-state index contributed by atoms with van der Waals surface area (Å²) in [5.74, 6) is 1.73. The van der Waals surface area contributed by atoms with Crippen molar-refractivity contribution in [1.82, 2.24) is 15.5 Å². The first kappa shape index (κ1) is 18.2. The Morgan fingerprint density at radius 3 is 2.43 bits per heavy atom. The fraction of sp³-hybridized carbons (Fsp3) is 0.562. The second kappa shape index (κ2) is 9.25. The Labute approximate surface area is 145 Å².